The molecule has 1 aromatic carbocycles. The molecule has 1 amide bonds. The van der Waals surface area contributed by atoms with Gasteiger partial charge in [-0.3, -0.25) is 9.69 Å². The molecule has 4 nitrogen and oxygen atoms in total. The summed E-state index contributed by atoms with van der Waals surface area (Å²) in [5.74, 6) is -2.25. The van der Waals surface area contributed by atoms with Crippen LogP contribution in [0.1, 0.15) is 28.8 Å². The number of thiophene rings is 1. The summed E-state index contributed by atoms with van der Waals surface area (Å²) in [7, 11) is 0. The van der Waals surface area contributed by atoms with Crippen molar-refractivity contribution in [2.75, 3.05) is 19.6 Å². The van der Waals surface area contributed by atoms with Crippen LogP contribution in [0.3, 0.4) is 0 Å². The van der Waals surface area contributed by atoms with Crippen molar-refractivity contribution in [3.05, 3.63) is 57.3 Å². The first-order valence-corrected chi connectivity index (χ1v) is 10.1. The van der Waals surface area contributed by atoms with Crippen LogP contribution in [0.25, 0.3) is 0 Å². The van der Waals surface area contributed by atoms with Gasteiger partial charge in [0.05, 0.1) is 0 Å². The number of hydrogen-bond acceptors (Lipinski definition) is 4. The van der Waals surface area contributed by atoms with E-state index in [0.29, 0.717) is 19.4 Å². The number of aliphatic hydroxyl groups is 1. The number of amides is 1. The number of piperidine rings is 1. The van der Waals surface area contributed by atoms with Crippen molar-refractivity contribution < 1.29 is 18.7 Å². The summed E-state index contributed by atoms with van der Waals surface area (Å²) in [6, 6.07) is 6.06. The molecule has 1 atom stereocenters. The highest BCUT2D eigenvalue weighted by molar-refractivity contribution is 7.10. The van der Waals surface area contributed by atoms with Crippen molar-refractivity contribution in [1.29, 1.82) is 0 Å². The average molecular weight is 392 g/mol. The number of carbonyl (C=O) groups is 1. The highest BCUT2D eigenvalue weighted by Crippen LogP contribution is 2.29. The average Bonchev–Trinajstić information content (AvgIpc) is 3.10. The molecule has 2 aliphatic rings. The molecule has 144 valence electrons. The van der Waals surface area contributed by atoms with Crippen LogP contribution < -0.4 is 0 Å². The second kappa shape index (κ2) is 7.30. The number of benzene rings is 1. The Hall–Kier alpha value is -1.83. The van der Waals surface area contributed by atoms with E-state index in [1.54, 1.807) is 11.3 Å². The smallest absolute Gasteiger partial charge is 0.256 e. The van der Waals surface area contributed by atoms with E-state index in [9.17, 15) is 18.7 Å². The molecule has 0 spiro atoms. The van der Waals surface area contributed by atoms with Crippen LogP contribution >= 0.6 is 11.3 Å². The molecular formula is C20H22F2N2O2S. The van der Waals surface area contributed by atoms with Gasteiger partial charge >= 0.3 is 0 Å². The zero-order valence-electron chi connectivity index (χ0n) is 15.0. The molecule has 1 aromatic heterocycles. The summed E-state index contributed by atoms with van der Waals surface area (Å²) in [4.78, 5) is 17.9. The minimum absolute atomic E-state index is 0.0284. The number of halogens is 2. The Morgan fingerprint density at radius 1 is 1.22 bits per heavy atom. The Bertz CT molecular complexity index is 856. The van der Waals surface area contributed by atoms with Gasteiger partial charge in [-0.15, -0.1) is 11.3 Å². The van der Waals surface area contributed by atoms with Gasteiger partial charge in [0.1, 0.15) is 0 Å². The van der Waals surface area contributed by atoms with Crippen molar-refractivity contribution in [1.82, 2.24) is 9.80 Å². The lowest BCUT2D eigenvalue weighted by Gasteiger charge is -2.41. The first-order valence-electron chi connectivity index (χ1n) is 9.18. The van der Waals surface area contributed by atoms with E-state index >= 15 is 0 Å². The molecule has 1 fully saturated rings. The van der Waals surface area contributed by atoms with E-state index in [2.05, 4.69) is 16.3 Å². The zero-order valence-corrected chi connectivity index (χ0v) is 15.8. The molecule has 3 heterocycles. The van der Waals surface area contributed by atoms with Gasteiger partial charge in [0.15, 0.2) is 17.2 Å². The van der Waals surface area contributed by atoms with E-state index in [1.165, 1.54) is 27.5 Å². The molecular weight excluding hydrogens is 370 g/mol. The molecule has 0 aliphatic carbocycles. The van der Waals surface area contributed by atoms with Crippen LogP contribution in [0.15, 0.2) is 29.6 Å². The monoisotopic (exact) mass is 392 g/mol. The van der Waals surface area contributed by atoms with Crippen molar-refractivity contribution in [3.63, 3.8) is 0 Å². The minimum atomic E-state index is -1.48. The van der Waals surface area contributed by atoms with Gasteiger partial charge in [0, 0.05) is 43.2 Å². The minimum Gasteiger partial charge on any atom is -0.379 e. The number of hydrogen-bond donors (Lipinski definition) is 1. The Balaban J connectivity index is 1.47. The largest absolute Gasteiger partial charge is 0.379 e. The van der Waals surface area contributed by atoms with Crippen LogP contribution in [0, 0.1) is 11.6 Å². The summed E-state index contributed by atoms with van der Waals surface area (Å²) >= 11 is 1.75. The lowest BCUT2D eigenvalue weighted by atomic mass is 9.90. The van der Waals surface area contributed by atoms with Gasteiger partial charge in [-0.2, -0.15) is 0 Å². The molecule has 4 rings (SSSR count). The molecule has 7 heteroatoms. The third-order valence-corrected chi connectivity index (χ3v) is 6.49. The zero-order chi connectivity index (χ0) is 19.0. The molecule has 2 aliphatic heterocycles. The standard InChI is InChI=1S/C20H22F2N2O2S/c21-16-4-1-3-15(18(16)22)12-24-8-2-7-20(26,19(24)25)13-23-9-5-17-14(11-23)6-10-27-17/h1,3-4,6,10,26H,2,5,7-9,11-13H2. The summed E-state index contributed by atoms with van der Waals surface area (Å²) in [5, 5.41) is 13.1. The first-order chi connectivity index (χ1) is 13.0. The topological polar surface area (TPSA) is 43.8 Å². The number of likely N-dealkylation sites (tertiary alicyclic amines) is 1. The molecule has 1 N–H and O–H groups in total. The third-order valence-electron chi connectivity index (χ3n) is 5.47. The van der Waals surface area contributed by atoms with E-state index in [1.807, 2.05) is 0 Å². The fourth-order valence-corrected chi connectivity index (χ4v) is 4.94. The summed E-state index contributed by atoms with van der Waals surface area (Å²) in [6.07, 6.45) is 1.95. The number of nitrogens with zero attached hydrogens (tertiary/aromatic N) is 2. The Morgan fingerprint density at radius 3 is 2.93 bits per heavy atom. The van der Waals surface area contributed by atoms with E-state index in [0.717, 1.165) is 25.6 Å². The second-order valence-corrected chi connectivity index (χ2v) is 8.41. The van der Waals surface area contributed by atoms with Gasteiger partial charge < -0.3 is 10.0 Å². The van der Waals surface area contributed by atoms with Gasteiger partial charge in [-0.25, -0.2) is 8.78 Å². The second-order valence-electron chi connectivity index (χ2n) is 7.40. The third kappa shape index (κ3) is 3.63. The highest BCUT2D eigenvalue weighted by Gasteiger charge is 2.43. The molecule has 0 saturated carbocycles. The van der Waals surface area contributed by atoms with E-state index in [-0.39, 0.29) is 18.7 Å². The predicted molar refractivity (Wildman–Crippen MR) is 99.3 cm³/mol. The molecule has 0 bridgehead atoms. The van der Waals surface area contributed by atoms with Gasteiger partial charge in [-0.1, -0.05) is 12.1 Å². The van der Waals surface area contributed by atoms with Crippen molar-refractivity contribution in [3.8, 4) is 0 Å². The fraction of sp³-hybridized carbons (Fsp3) is 0.450. The lowest BCUT2D eigenvalue weighted by Crippen LogP contribution is -2.58. The molecule has 1 unspecified atom stereocenters. The van der Waals surface area contributed by atoms with Crippen molar-refractivity contribution in [2.24, 2.45) is 0 Å². The summed E-state index contributed by atoms with van der Waals surface area (Å²) in [5.41, 5.74) is -0.0828. The normalized spacial score (nSPS) is 23.5. The first kappa shape index (κ1) is 18.5. The van der Waals surface area contributed by atoms with Gasteiger partial charge in [0.25, 0.3) is 5.91 Å². The fourth-order valence-electron chi connectivity index (χ4n) is 4.05. The quantitative estimate of drug-likeness (QED) is 0.870. The molecule has 0 radical (unpaired) electrons. The molecule has 27 heavy (non-hydrogen) atoms. The van der Waals surface area contributed by atoms with Crippen molar-refractivity contribution >= 4 is 17.2 Å². The van der Waals surface area contributed by atoms with Crippen LogP contribution in [0.2, 0.25) is 0 Å². The van der Waals surface area contributed by atoms with Crippen LogP contribution in [-0.2, 0) is 24.3 Å². The number of fused-ring (bicyclic) bond motifs is 1. The predicted octanol–water partition coefficient (Wildman–Crippen LogP) is 2.94. The van der Waals surface area contributed by atoms with Crippen molar-refractivity contribution in [2.45, 2.75) is 38.0 Å². The Kier molecular flexibility index (Phi) is 5.01. The van der Waals surface area contributed by atoms with Crippen LogP contribution in [-0.4, -0.2) is 46.0 Å². The van der Waals surface area contributed by atoms with E-state index < -0.39 is 23.1 Å². The summed E-state index contributed by atoms with van der Waals surface area (Å²) < 4.78 is 27.4. The molecule has 1 saturated heterocycles. The maximum absolute atomic E-state index is 14.0. The number of β-amino-alcohol motifs (C(OH)–C–C–N with tert-alkyl or cyclic N) is 1. The van der Waals surface area contributed by atoms with Gasteiger partial charge in [-0.05, 0) is 42.3 Å². The van der Waals surface area contributed by atoms with Crippen LogP contribution in [0.4, 0.5) is 8.78 Å². The highest BCUT2D eigenvalue weighted by atomic mass is 32.1. The Labute approximate surface area is 161 Å². The number of carbonyl (C=O) groups excluding carboxylic acids is 1. The maximum atomic E-state index is 14.0. The maximum Gasteiger partial charge on any atom is 0.256 e. The van der Waals surface area contributed by atoms with Gasteiger partial charge in [0.2, 0.25) is 0 Å². The molecule has 2 aromatic rings. The van der Waals surface area contributed by atoms with E-state index in [4.69, 9.17) is 0 Å². The van der Waals surface area contributed by atoms with Crippen LogP contribution in [0.5, 0.6) is 0 Å². The number of rotatable bonds is 4. The summed E-state index contributed by atoms with van der Waals surface area (Å²) in [6.45, 7) is 2.21. The Morgan fingerprint density at radius 2 is 2.07 bits per heavy atom. The lowest BCUT2D eigenvalue weighted by molar-refractivity contribution is -0.160. The SMILES string of the molecule is O=C1N(Cc2cccc(F)c2F)CCCC1(O)CN1CCc2sccc2C1.